The zero-order valence-corrected chi connectivity index (χ0v) is 18.3. The van der Waals surface area contributed by atoms with E-state index in [9.17, 15) is 10.1 Å². The second-order valence-electron chi connectivity index (χ2n) is 7.08. The zero-order valence-electron chi connectivity index (χ0n) is 17.5. The number of carbonyl (C=O) groups is 1. The summed E-state index contributed by atoms with van der Waals surface area (Å²) in [5.74, 6) is 1.01. The molecule has 0 saturated carbocycles. The molecule has 2 heterocycles. The van der Waals surface area contributed by atoms with Crippen molar-refractivity contribution in [2.45, 2.75) is 24.6 Å². The minimum atomic E-state index is -0.310. The van der Waals surface area contributed by atoms with E-state index in [1.807, 2.05) is 49.4 Å². The molecule has 0 bridgehead atoms. The van der Waals surface area contributed by atoms with Gasteiger partial charge < -0.3 is 9.84 Å². The molecule has 0 aliphatic rings. The number of hydrogen-bond donors (Lipinski definition) is 1. The number of carbonyl (C=O) groups excluding carboxylic acids is 1. The van der Waals surface area contributed by atoms with E-state index in [2.05, 4.69) is 26.5 Å². The summed E-state index contributed by atoms with van der Waals surface area (Å²) in [6.45, 7) is 3.76. The molecule has 4 aromatic rings. The Bertz CT molecular complexity index is 1290. The van der Waals surface area contributed by atoms with Crippen LogP contribution in [0.1, 0.15) is 33.0 Å². The second kappa shape index (κ2) is 9.45. The summed E-state index contributed by atoms with van der Waals surface area (Å²) in [7, 11) is 0. The van der Waals surface area contributed by atoms with Gasteiger partial charge in [-0.2, -0.15) is 10.2 Å². The second-order valence-corrected chi connectivity index (χ2v) is 8.04. The predicted molar refractivity (Wildman–Crippen MR) is 122 cm³/mol. The average Bonchev–Trinajstić information content (AvgIpc) is 3.28. The van der Waals surface area contributed by atoms with Gasteiger partial charge in [-0.15, -0.1) is 0 Å². The Kier molecular flexibility index (Phi) is 6.29. The largest absolute Gasteiger partial charge is 0.334 e. The monoisotopic (exact) mass is 441 g/mol. The Balaban J connectivity index is 1.48. The number of nitrogens with zero attached hydrogens (tertiary/aromatic N) is 4. The Labute approximate surface area is 189 Å². The third-order valence-corrected chi connectivity index (χ3v) is 5.67. The zero-order chi connectivity index (χ0) is 22.5. The van der Waals surface area contributed by atoms with Crippen LogP contribution in [-0.2, 0) is 5.75 Å². The number of thioether (sulfide) groups is 1. The van der Waals surface area contributed by atoms with Gasteiger partial charge >= 0.3 is 0 Å². The maximum atomic E-state index is 12.7. The topological polar surface area (TPSA) is 105 Å². The molecule has 158 valence electrons. The number of nitrogens with one attached hydrogen (secondary N) is 1. The fourth-order valence-electron chi connectivity index (χ4n) is 2.98. The molecule has 7 nitrogen and oxygen atoms in total. The standard InChI is InChI=1S/C24H19N5O2S/c1-15-8-10-17(11-9-15)23-28-21(29-31-23)14-32-24-18(13-25)12-20(16(2)26-24)22(30)27-19-6-4-3-5-7-19/h3-12H,14H2,1-2H3,(H,27,30). The van der Waals surface area contributed by atoms with Crippen LogP contribution in [0.5, 0.6) is 0 Å². The number of rotatable bonds is 6. The number of anilines is 1. The van der Waals surface area contributed by atoms with Gasteiger partial charge in [-0.3, -0.25) is 4.79 Å². The van der Waals surface area contributed by atoms with Crippen molar-refractivity contribution in [2.24, 2.45) is 0 Å². The summed E-state index contributed by atoms with van der Waals surface area (Å²) in [6.07, 6.45) is 0. The van der Waals surface area contributed by atoms with Gasteiger partial charge in [0.1, 0.15) is 11.1 Å². The molecule has 0 fully saturated rings. The molecule has 2 aromatic heterocycles. The Morgan fingerprint density at radius 3 is 2.56 bits per heavy atom. The summed E-state index contributed by atoms with van der Waals surface area (Å²) in [5, 5.41) is 17.0. The summed E-state index contributed by atoms with van der Waals surface area (Å²) >= 11 is 1.32. The van der Waals surface area contributed by atoms with Crippen molar-refractivity contribution < 1.29 is 9.32 Å². The van der Waals surface area contributed by atoms with Gasteiger partial charge in [0.15, 0.2) is 5.82 Å². The van der Waals surface area contributed by atoms with E-state index in [0.29, 0.717) is 45.0 Å². The van der Waals surface area contributed by atoms with Gasteiger partial charge in [-0.25, -0.2) is 4.98 Å². The first-order chi connectivity index (χ1) is 15.5. The highest BCUT2D eigenvalue weighted by atomic mass is 32.2. The van der Waals surface area contributed by atoms with E-state index in [4.69, 9.17) is 4.52 Å². The summed E-state index contributed by atoms with van der Waals surface area (Å²) < 4.78 is 5.35. The first-order valence-corrected chi connectivity index (χ1v) is 10.8. The smallest absolute Gasteiger partial charge is 0.257 e. The third kappa shape index (κ3) is 4.85. The lowest BCUT2D eigenvalue weighted by Crippen LogP contribution is -2.15. The normalized spacial score (nSPS) is 10.5. The first-order valence-electron chi connectivity index (χ1n) is 9.84. The molecule has 2 aromatic carbocycles. The third-order valence-electron chi connectivity index (χ3n) is 4.68. The SMILES string of the molecule is Cc1ccc(-c2nc(CSc3nc(C)c(C(=O)Nc4ccccc4)cc3C#N)no2)cc1. The summed E-state index contributed by atoms with van der Waals surface area (Å²) in [4.78, 5) is 21.6. The van der Waals surface area contributed by atoms with Crippen molar-refractivity contribution in [2.75, 3.05) is 5.32 Å². The average molecular weight is 442 g/mol. The number of amides is 1. The molecule has 0 radical (unpaired) electrons. The van der Waals surface area contributed by atoms with Crippen LogP contribution in [0.3, 0.4) is 0 Å². The highest BCUT2D eigenvalue weighted by molar-refractivity contribution is 7.98. The molecule has 1 amide bonds. The van der Waals surface area contributed by atoms with Crippen LogP contribution in [0.4, 0.5) is 5.69 Å². The number of nitriles is 1. The lowest BCUT2D eigenvalue weighted by atomic mass is 10.1. The van der Waals surface area contributed by atoms with E-state index in [1.165, 1.54) is 11.8 Å². The van der Waals surface area contributed by atoms with Crippen molar-refractivity contribution in [3.05, 3.63) is 88.9 Å². The number of benzene rings is 2. The maximum Gasteiger partial charge on any atom is 0.257 e. The minimum Gasteiger partial charge on any atom is -0.334 e. The van der Waals surface area contributed by atoms with Crippen molar-refractivity contribution in [1.29, 1.82) is 5.26 Å². The molecule has 32 heavy (non-hydrogen) atoms. The Morgan fingerprint density at radius 2 is 1.84 bits per heavy atom. The lowest BCUT2D eigenvalue weighted by molar-refractivity contribution is 0.102. The Hall–Kier alpha value is -3.96. The van der Waals surface area contributed by atoms with Gasteiger partial charge in [0.25, 0.3) is 11.8 Å². The highest BCUT2D eigenvalue weighted by Gasteiger charge is 2.17. The molecule has 0 saturated heterocycles. The maximum absolute atomic E-state index is 12.7. The van der Waals surface area contributed by atoms with Crippen LogP contribution < -0.4 is 5.32 Å². The fourth-order valence-corrected chi connectivity index (χ4v) is 3.83. The summed E-state index contributed by atoms with van der Waals surface area (Å²) in [6, 6.07) is 20.7. The van der Waals surface area contributed by atoms with Gasteiger partial charge in [0.2, 0.25) is 0 Å². The molecular weight excluding hydrogens is 422 g/mol. The van der Waals surface area contributed by atoms with E-state index in [1.54, 1.807) is 25.1 Å². The minimum absolute atomic E-state index is 0.310. The highest BCUT2D eigenvalue weighted by Crippen LogP contribution is 2.27. The molecule has 0 spiro atoms. The fraction of sp³-hybridized carbons (Fsp3) is 0.125. The van der Waals surface area contributed by atoms with Gasteiger partial charge in [-0.1, -0.05) is 52.8 Å². The van der Waals surface area contributed by atoms with E-state index in [-0.39, 0.29) is 5.91 Å². The molecule has 8 heteroatoms. The van der Waals surface area contributed by atoms with Crippen molar-refractivity contribution in [3.8, 4) is 17.5 Å². The molecular formula is C24H19N5O2S. The first kappa shape index (κ1) is 21.3. The Morgan fingerprint density at radius 1 is 1.09 bits per heavy atom. The van der Waals surface area contributed by atoms with Crippen LogP contribution in [0.15, 0.2) is 70.2 Å². The predicted octanol–water partition coefficient (Wildman–Crippen LogP) is 5.16. The van der Waals surface area contributed by atoms with E-state index < -0.39 is 0 Å². The van der Waals surface area contributed by atoms with Crippen LogP contribution in [-0.4, -0.2) is 21.0 Å². The van der Waals surface area contributed by atoms with Crippen molar-refractivity contribution in [3.63, 3.8) is 0 Å². The summed E-state index contributed by atoms with van der Waals surface area (Å²) in [5.41, 5.74) is 3.89. The molecule has 4 rings (SSSR count). The number of pyridine rings is 1. The van der Waals surface area contributed by atoms with Crippen LogP contribution in [0.25, 0.3) is 11.5 Å². The van der Waals surface area contributed by atoms with Crippen LogP contribution >= 0.6 is 11.8 Å². The molecule has 0 aliphatic carbocycles. The number of hydrogen-bond acceptors (Lipinski definition) is 7. The van der Waals surface area contributed by atoms with Crippen LogP contribution in [0.2, 0.25) is 0 Å². The van der Waals surface area contributed by atoms with E-state index >= 15 is 0 Å². The molecule has 0 unspecified atom stereocenters. The lowest BCUT2D eigenvalue weighted by Gasteiger charge is -2.10. The van der Waals surface area contributed by atoms with Crippen molar-refractivity contribution >= 4 is 23.4 Å². The van der Waals surface area contributed by atoms with Gasteiger partial charge in [0, 0.05) is 11.3 Å². The van der Waals surface area contributed by atoms with Crippen LogP contribution in [0, 0.1) is 25.2 Å². The number of aryl methyl sites for hydroxylation is 2. The number of aromatic nitrogens is 3. The molecule has 0 atom stereocenters. The molecule has 1 N–H and O–H groups in total. The van der Waals surface area contributed by atoms with E-state index in [0.717, 1.165) is 11.1 Å². The quantitative estimate of drug-likeness (QED) is 0.412. The van der Waals surface area contributed by atoms with Gasteiger partial charge in [0.05, 0.1) is 22.6 Å². The molecule has 0 aliphatic heterocycles. The van der Waals surface area contributed by atoms with Crippen molar-refractivity contribution in [1.82, 2.24) is 15.1 Å². The van der Waals surface area contributed by atoms with Gasteiger partial charge in [-0.05, 0) is 44.2 Å². The number of para-hydroxylation sites is 1.